The summed E-state index contributed by atoms with van der Waals surface area (Å²) in [7, 11) is 0. The maximum atomic E-state index is 8.90. The first kappa shape index (κ1) is 8.15. The largest absolute Gasteiger partial charge is 0.394 e. The standard InChI is InChI=1S/C8H10N4O/c9-7(4-13)6-2-1-3-12-8(6)10-5-11-12/h1-3,5,7,13H,4,9H2. The molecule has 0 bridgehead atoms. The highest BCUT2D eigenvalue weighted by molar-refractivity contribution is 5.47. The smallest absolute Gasteiger partial charge is 0.160 e. The molecule has 2 rings (SSSR count). The summed E-state index contributed by atoms with van der Waals surface area (Å²) >= 11 is 0. The average Bonchev–Trinajstić information content (AvgIpc) is 2.63. The van der Waals surface area contributed by atoms with Crippen LogP contribution < -0.4 is 5.73 Å². The van der Waals surface area contributed by atoms with Gasteiger partial charge in [0.15, 0.2) is 5.65 Å². The highest BCUT2D eigenvalue weighted by atomic mass is 16.3. The van der Waals surface area contributed by atoms with Gasteiger partial charge >= 0.3 is 0 Å². The summed E-state index contributed by atoms with van der Waals surface area (Å²) in [6.07, 6.45) is 3.25. The third-order valence-electron chi connectivity index (χ3n) is 1.93. The Kier molecular flexibility index (Phi) is 1.96. The fraction of sp³-hybridized carbons (Fsp3) is 0.250. The average molecular weight is 178 g/mol. The summed E-state index contributed by atoms with van der Waals surface area (Å²) < 4.78 is 1.63. The van der Waals surface area contributed by atoms with Crippen molar-refractivity contribution < 1.29 is 5.11 Å². The van der Waals surface area contributed by atoms with Crippen LogP contribution in [0.15, 0.2) is 24.7 Å². The van der Waals surface area contributed by atoms with Gasteiger partial charge in [-0.2, -0.15) is 5.10 Å². The van der Waals surface area contributed by atoms with Gasteiger partial charge in [-0.05, 0) is 6.07 Å². The zero-order valence-corrected chi connectivity index (χ0v) is 6.96. The fourth-order valence-corrected chi connectivity index (χ4v) is 1.26. The van der Waals surface area contributed by atoms with Crippen molar-refractivity contribution in [3.05, 3.63) is 30.2 Å². The Bertz CT molecular complexity index is 411. The van der Waals surface area contributed by atoms with Crippen LogP contribution in [0.3, 0.4) is 0 Å². The van der Waals surface area contributed by atoms with E-state index in [1.165, 1.54) is 6.33 Å². The SMILES string of the molecule is NC(CO)c1cccn2ncnc12. The van der Waals surface area contributed by atoms with Gasteiger partial charge in [0.2, 0.25) is 0 Å². The molecule has 0 aromatic carbocycles. The second kappa shape index (κ2) is 3.12. The number of aliphatic hydroxyl groups excluding tert-OH is 1. The van der Waals surface area contributed by atoms with E-state index in [1.807, 2.05) is 12.1 Å². The molecule has 5 heteroatoms. The molecule has 0 saturated carbocycles. The van der Waals surface area contributed by atoms with E-state index in [0.717, 1.165) is 5.56 Å². The summed E-state index contributed by atoms with van der Waals surface area (Å²) in [4.78, 5) is 4.05. The summed E-state index contributed by atoms with van der Waals surface area (Å²) in [6.45, 7) is -0.0907. The minimum Gasteiger partial charge on any atom is -0.394 e. The van der Waals surface area contributed by atoms with E-state index >= 15 is 0 Å². The molecule has 68 valence electrons. The first-order chi connectivity index (χ1) is 6.33. The van der Waals surface area contributed by atoms with Crippen molar-refractivity contribution >= 4 is 5.65 Å². The molecule has 0 spiro atoms. The molecule has 1 unspecified atom stereocenters. The quantitative estimate of drug-likeness (QED) is 0.663. The lowest BCUT2D eigenvalue weighted by molar-refractivity contribution is 0.268. The van der Waals surface area contributed by atoms with E-state index in [1.54, 1.807) is 10.7 Å². The van der Waals surface area contributed by atoms with Crippen molar-refractivity contribution in [1.82, 2.24) is 14.6 Å². The van der Waals surface area contributed by atoms with Gasteiger partial charge in [0.1, 0.15) is 6.33 Å². The van der Waals surface area contributed by atoms with Crippen LogP contribution >= 0.6 is 0 Å². The zero-order valence-electron chi connectivity index (χ0n) is 6.96. The molecular formula is C8H10N4O. The Balaban J connectivity index is 2.60. The van der Waals surface area contributed by atoms with E-state index in [4.69, 9.17) is 10.8 Å². The number of pyridine rings is 1. The monoisotopic (exact) mass is 178 g/mol. The molecule has 0 radical (unpaired) electrons. The van der Waals surface area contributed by atoms with Crippen LogP contribution in [0.1, 0.15) is 11.6 Å². The van der Waals surface area contributed by atoms with Gasteiger partial charge in [-0.3, -0.25) is 0 Å². The molecule has 0 fully saturated rings. The molecular weight excluding hydrogens is 168 g/mol. The van der Waals surface area contributed by atoms with Crippen LogP contribution in [0.5, 0.6) is 0 Å². The van der Waals surface area contributed by atoms with Crippen LogP contribution in [-0.2, 0) is 0 Å². The number of rotatable bonds is 2. The maximum absolute atomic E-state index is 8.90. The molecule has 0 saturated heterocycles. The number of fused-ring (bicyclic) bond motifs is 1. The third kappa shape index (κ3) is 1.28. The predicted molar refractivity (Wildman–Crippen MR) is 47.0 cm³/mol. The van der Waals surface area contributed by atoms with E-state index < -0.39 is 6.04 Å². The van der Waals surface area contributed by atoms with Crippen LogP contribution in [0.4, 0.5) is 0 Å². The molecule has 2 heterocycles. The fourth-order valence-electron chi connectivity index (χ4n) is 1.26. The van der Waals surface area contributed by atoms with E-state index in [2.05, 4.69) is 10.1 Å². The molecule has 2 aromatic heterocycles. The lowest BCUT2D eigenvalue weighted by atomic mass is 10.1. The van der Waals surface area contributed by atoms with E-state index in [0.29, 0.717) is 5.65 Å². The molecule has 0 aliphatic carbocycles. The topological polar surface area (TPSA) is 76.4 Å². The number of nitrogens with zero attached hydrogens (tertiary/aromatic N) is 3. The number of hydrogen-bond acceptors (Lipinski definition) is 4. The molecule has 2 aromatic rings. The van der Waals surface area contributed by atoms with Gasteiger partial charge in [0.05, 0.1) is 12.6 Å². The highest BCUT2D eigenvalue weighted by Gasteiger charge is 2.09. The van der Waals surface area contributed by atoms with Crippen molar-refractivity contribution in [2.24, 2.45) is 5.73 Å². The Morgan fingerprint density at radius 3 is 3.23 bits per heavy atom. The summed E-state index contributed by atoms with van der Waals surface area (Å²) in [5.41, 5.74) is 7.19. The minimum atomic E-state index is -0.395. The van der Waals surface area contributed by atoms with Crippen molar-refractivity contribution in [3.63, 3.8) is 0 Å². The molecule has 0 amide bonds. The maximum Gasteiger partial charge on any atom is 0.160 e. The van der Waals surface area contributed by atoms with Gasteiger partial charge < -0.3 is 10.8 Å². The summed E-state index contributed by atoms with van der Waals surface area (Å²) in [6, 6.07) is 3.27. The van der Waals surface area contributed by atoms with Crippen molar-refractivity contribution in [1.29, 1.82) is 0 Å². The first-order valence-corrected chi connectivity index (χ1v) is 3.97. The van der Waals surface area contributed by atoms with Crippen LogP contribution in [0, 0.1) is 0 Å². The Hall–Kier alpha value is -1.46. The minimum absolute atomic E-state index is 0.0907. The predicted octanol–water partition coefficient (Wildman–Crippen LogP) is -0.279. The number of aliphatic hydroxyl groups is 1. The van der Waals surface area contributed by atoms with Gasteiger partial charge in [-0.1, -0.05) is 6.07 Å². The number of hydrogen-bond donors (Lipinski definition) is 2. The highest BCUT2D eigenvalue weighted by Crippen LogP contribution is 2.13. The van der Waals surface area contributed by atoms with Crippen molar-refractivity contribution in [3.8, 4) is 0 Å². The molecule has 5 nitrogen and oxygen atoms in total. The Labute approximate surface area is 74.8 Å². The number of aromatic nitrogens is 3. The van der Waals surface area contributed by atoms with Gasteiger partial charge in [0.25, 0.3) is 0 Å². The molecule has 0 aliphatic heterocycles. The second-order valence-electron chi connectivity index (χ2n) is 2.78. The molecule has 3 N–H and O–H groups in total. The second-order valence-corrected chi connectivity index (χ2v) is 2.78. The van der Waals surface area contributed by atoms with Crippen molar-refractivity contribution in [2.45, 2.75) is 6.04 Å². The molecule has 1 atom stereocenters. The zero-order chi connectivity index (χ0) is 9.26. The Morgan fingerprint density at radius 1 is 1.62 bits per heavy atom. The Morgan fingerprint density at radius 2 is 2.46 bits per heavy atom. The third-order valence-corrected chi connectivity index (χ3v) is 1.93. The normalized spacial score (nSPS) is 13.4. The van der Waals surface area contributed by atoms with E-state index in [-0.39, 0.29) is 6.61 Å². The lowest BCUT2D eigenvalue weighted by Crippen LogP contribution is -2.15. The van der Waals surface area contributed by atoms with Gasteiger partial charge in [0, 0.05) is 11.8 Å². The lowest BCUT2D eigenvalue weighted by Gasteiger charge is -2.08. The van der Waals surface area contributed by atoms with Crippen LogP contribution in [0.25, 0.3) is 5.65 Å². The first-order valence-electron chi connectivity index (χ1n) is 3.97. The van der Waals surface area contributed by atoms with Gasteiger partial charge in [-0.25, -0.2) is 9.50 Å². The summed E-state index contributed by atoms with van der Waals surface area (Å²) in [5.74, 6) is 0. The van der Waals surface area contributed by atoms with E-state index in [9.17, 15) is 0 Å². The summed E-state index contributed by atoms with van der Waals surface area (Å²) in [5, 5.41) is 12.9. The van der Waals surface area contributed by atoms with Crippen LogP contribution in [0.2, 0.25) is 0 Å². The van der Waals surface area contributed by atoms with Crippen molar-refractivity contribution in [2.75, 3.05) is 6.61 Å². The number of nitrogens with two attached hydrogens (primary N) is 1. The molecule has 13 heavy (non-hydrogen) atoms. The van der Waals surface area contributed by atoms with Gasteiger partial charge in [-0.15, -0.1) is 0 Å². The van der Waals surface area contributed by atoms with Crippen LogP contribution in [-0.4, -0.2) is 26.3 Å². The molecule has 0 aliphatic rings.